The highest BCUT2D eigenvalue weighted by Gasteiger charge is 2.31. The van der Waals surface area contributed by atoms with E-state index >= 15 is 0 Å². The quantitative estimate of drug-likeness (QED) is 0.580. The molecule has 0 aliphatic carbocycles. The molecule has 6 nitrogen and oxygen atoms in total. The third kappa shape index (κ3) is 3.79. The summed E-state index contributed by atoms with van der Waals surface area (Å²) in [7, 11) is 0. The standard InChI is InChI=1S/C21H24N2O4/c1-13(2)18-8-5-14(3)11-20(18)27-15(4)21(24)22-10-9-16-6-7-17(23(25)26)12-19(16)22/h5-8,11-13,15H,9-10H2,1-4H3. The number of non-ortho nitro benzene ring substituents is 1. The van der Waals surface area contributed by atoms with Crippen molar-refractivity contribution in [1.29, 1.82) is 0 Å². The molecule has 0 N–H and O–H groups in total. The minimum absolute atomic E-state index is 0.0113. The Morgan fingerprint density at radius 2 is 1.93 bits per heavy atom. The predicted octanol–water partition coefficient (Wildman–Crippen LogP) is 4.38. The van der Waals surface area contributed by atoms with Gasteiger partial charge in [-0.2, -0.15) is 0 Å². The number of nitrogens with zero attached hydrogens (tertiary/aromatic N) is 2. The van der Waals surface area contributed by atoms with Crippen molar-refractivity contribution in [2.75, 3.05) is 11.4 Å². The van der Waals surface area contributed by atoms with Crippen LogP contribution in [0.5, 0.6) is 5.75 Å². The van der Waals surface area contributed by atoms with E-state index in [4.69, 9.17) is 4.74 Å². The van der Waals surface area contributed by atoms with Gasteiger partial charge in [0, 0.05) is 18.7 Å². The van der Waals surface area contributed by atoms with Crippen molar-refractivity contribution in [2.45, 2.75) is 46.1 Å². The number of rotatable bonds is 5. The molecule has 2 aromatic rings. The minimum Gasteiger partial charge on any atom is -0.481 e. The van der Waals surface area contributed by atoms with Crippen LogP contribution >= 0.6 is 0 Å². The second kappa shape index (κ2) is 7.39. The number of carbonyl (C=O) groups excluding carboxylic acids is 1. The highest BCUT2D eigenvalue weighted by atomic mass is 16.6. The first-order valence-electron chi connectivity index (χ1n) is 9.14. The molecule has 27 heavy (non-hydrogen) atoms. The lowest BCUT2D eigenvalue weighted by Crippen LogP contribution is -2.39. The molecular weight excluding hydrogens is 344 g/mol. The molecule has 1 aliphatic rings. The predicted molar refractivity (Wildman–Crippen MR) is 105 cm³/mol. The summed E-state index contributed by atoms with van der Waals surface area (Å²) in [5.74, 6) is 0.799. The molecule has 0 saturated heterocycles. The number of nitro benzene ring substituents is 1. The fourth-order valence-electron chi connectivity index (χ4n) is 3.39. The fraction of sp³-hybridized carbons (Fsp3) is 0.381. The van der Waals surface area contributed by atoms with Crippen molar-refractivity contribution in [3.05, 3.63) is 63.2 Å². The van der Waals surface area contributed by atoms with Crippen LogP contribution in [0.4, 0.5) is 11.4 Å². The second-order valence-corrected chi connectivity index (χ2v) is 7.27. The van der Waals surface area contributed by atoms with Gasteiger partial charge in [-0.05, 0) is 48.9 Å². The first kappa shape index (κ1) is 18.9. The van der Waals surface area contributed by atoms with Crippen LogP contribution in [0.2, 0.25) is 0 Å². The van der Waals surface area contributed by atoms with E-state index in [2.05, 4.69) is 13.8 Å². The van der Waals surface area contributed by atoms with E-state index < -0.39 is 11.0 Å². The number of fused-ring (bicyclic) bond motifs is 1. The summed E-state index contributed by atoms with van der Waals surface area (Å²) in [4.78, 5) is 25.2. The van der Waals surface area contributed by atoms with Gasteiger partial charge in [-0.25, -0.2) is 0 Å². The van der Waals surface area contributed by atoms with E-state index in [1.54, 1.807) is 17.9 Å². The monoisotopic (exact) mass is 368 g/mol. The second-order valence-electron chi connectivity index (χ2n) is 7.27. The van der Waals surface area contributed by atoms with Crippen LogP contribution in [-0.4, -0.2) is 23.5 Å². The Balaban J connectivity index is 1.83. The molecule has 6 heteroatoms. The van der Waals surface area contributed by atoms with Gasteiger partial charge in [0.1, 0.15) is 5.75 Å². The van der Waals surface area contributed by atoms with Crippen LogP contribution in [-0.2, 0) is 11.2 Å². The molecule has 0 aromatic heterocycles. The first-order chi connectivity index (χ1) is 12.8. The Kier molecular flexibility index (Phi) is 5.17. The molecular formula is C21H24N2O4. The summed E-state index contributed by atoms with van der Waals surface area (Å²) in [5, 5.41) is 11.1. The van der Waals surface area contributed by atoms with Crippen LogP contribution in [0.25, 0.3) is 0 Å². The average Bonchev–Trinajstić information content (AvgIpc) is 3.03. The van der Waals surface area contributed by atoms with Gasteiger partial charge >= 0.3 is 0 Å². The van der Waals surface area contributed by atoms with E-state index in [1.807, 2.05) is 25.1 Å². The number of benzene rings is 2. The number of nitro groups is 1. The van der Waals surface area contributed by atoms with Gasteiger partial charge in [-0.1, -0.05) is 32.0 Å². The lowest BCUT2D eigenvalue weighted by molar-refractivity contribution is -0.384. The summed E-state index contributed by atoms with van der Waals surface area (Å²) < 4.78 is 6.03. The molecule has 1 heterocycles. The van der Waals surface area contributed by atoms with Gasteiger partial charge in [0.25, 0.3) is 11.6 Å². The van der Waals surface area contributed by atoms with E-state index in [0.717, 1.165) is 16.7 Å². The van der Waals surface area contributed by atoms with Gasteiger partial charge < -0.3 is 9.64 Å². The van der Waals surface area contributed by atoms with Crippen molar-refractivity contribution in [1.82, 2.24) is 0 Å². The third-order valence-corrected chi connectivity index (χ3v) is 4.88. The van der Waals surface area contributed by atoms with Crippen molar-refractivity contribution in [3.8, 4) is 5.75 Å². The number of amides is 1. The van der Waals surface area contributed by atoms with Gasteiger partial charge in [-0.15, -0.1) is 0 Å². The summed E-state index contributed by atoms with van der Waals surface area (Å²) >= 11 is 0. The summed E-state index contributed by atoms with van der Waals surface area (Å²) in [6, 6.07) is 10.7. The number of anilines is 1. The average molecular weight is 368 g/mol. The van der Waals surface area contributed by atoms with Crippen LogP contribution < -0.4 is 9.64 Å². The Hall–Kier alpha value is -2.89. The molecule has 1 unspecified atom stereocenters. The maximum atomic E-state index is 13.0. The number of ether oxygens (including phenoxy) is 1. The van der Waals surface area contributed by atoms with Crippen molar-refractivity contribution in [3.63, 3.8) is 0 Å². The molecule has 142 valence electrons. The van der Waals surface area contributed by atoms with Crippen molar-refractivity contribution >= 4 is 17.3 Å². The molecule has 1 amide bonds. The Morgan fingerprint density at radius 3 is 2.59 bits per heavy atom. The molecule has 0 saturated carbocycles. The Labute approximate surface area is 158 Å². The largest absolute Gasteiger partial charge is 0.481 e. The lowest BCUT2D eigenvalue weighted by atomic mass is 10.0. The normalized spacial score (nSPS) is 14.2. The Bertz CT molecular complexity index is 892. The van der Waals surface area contributed by atoms with Gasteiger partial charge in [0.05, 0.1) is 10.6 Å². The molecule has 0 bridgehead atoms. The molecule has 1 aliphatic heterocycles. The zero-order chi connectivity index (χ0) is 19.7. The van der Waals surface area contributed by atoms with Gasteiger partial charge in [-0.3, -0.25) is 14.9 Å². The van der Waals surface area contributed by atoms with E-state index in [0.29, 0.717) is 24.4 Å². The van der Waals surface area contributed by atoms with Crippen LogP contribution in [0.1, 0.15) is 43.4 Å². The fourth-order valence-corrected chi connectivity index (χ4v) is 3.39. The van der Waals surface area contributed by atoms with E-state index in [1.165, 1.54) is 12.1 Å². The van der Waals surface area contributed by atoms with E-state index in [-0.39, 0.29) is 17.5 Å². The maximum Gasteiger partial charge on any atom is 0.271 e. The zero-order valence-corrected chi connectivity index (χ0v) is 16.1. The van der Waals surface area contributed by atoms with Gasteiger partial charge in [0.15, 0.2) is 6.10 Å². The SMILES string of the molecule is Cc1ccc(C(C)C)c(OC(C)C(=O)N2CCc3ccc([N+](=O)[O-])cc32)c1. The zero-order valence-electron chi connectivity index (χ0n) is 16.1. The smallest absolute Gasteiger partial charge is 0.271 e. The molecule has 0 spiro atoms. The van der Waals surface area contributed by atoms with Crippen LogP contribution in [0, 0.1) is 17.0 Å². The minimum atomic E-state index is -0.686. The highest BCUT2D eigenvalue weighted by molar-refractivity contribution is 5.98. The summed E-state index contributed by atoms with van der Waals surface area (Å²) in [5.41, 5.74) is 3.66. The van der Waals surface area contributed by atoms with Crippen molar-refractivity contribution < 1.29 is 14.5 Å². The van der Waals surface area contributed by atoms with Crippen LogP contribution in [0.3, 0.4) is 0 Å². The first-order valence-corrected chi connectivity index (χ1v) is 9.14. The maximum absolute atomic E-state index is 13.0. The van der Waals surface area contributed by atoms with Crippen LogP contribution in [0.15, 0.2) is 36.4 Å². The molecule has 0 radical (unpaired) electrons. The topological polar surface area (TPSA) is 72.7 Å². The molecule has 0 fully saturated rings. The number of carbonyl (C=O) groups is 1. The number of hydrogen-bond acceptors (Lipinski definition) is 4. The van der Waals surface area contributed by atoms with Crippen molar-refractivity contribution in [2.24, 2.45) is 0 Å². The summed E-state index contributed by atoms with van der Waals surface area (Å²) in [6.07, 6.45) is 0.00234. The third-order valence-electron chi connectivity index (χ3n) is 4.88. The summed E-state index contributed by atoms with van der Waals surface area (Å²) in [6.45, 7) is 8.39. The Morgan fingerprint density at radius 1 is 1.19 bits per heavy atom. The number of hydrogen-bond donors (Lipinski definition) is 0. The molecule has 1 atom stereocenters. The highest BCUT2D eigenvalue weighted by Crippen LogP contribution is 2.33. The van der Waals surface area contributed by atoms with Gasteiger partial charge in [0.2, 0.25) is 0 Å². The molecule has 3 rings (SSSR count). The lowest BCUT2D eigenvalue weighted by Gasteiger charge is -2.24. The molecule has 2 aromatic carbocycles. The van der Waals surface area contributed by atoms with E-state index in [9.17, 15) is 14.9 Å². The number of aryl methyl sites for hydroxylation is 1.